The number of aryl methyl sites for hydroxylation is 1. The summed E-state index contributed by atoms with van der Waals surface area (Å²) in [4.78, 5) is 14.0. The van der Waals surface area contributed by atoms with Crippen LogP contribution in [0.5, 0.6) is 0 Å². The quantitative estimate of drug-likeness (QED) is 0.918. The van der Waals surface area contributed by atoms with E-state index in [1.54, 1.807) is 11.9 Å². The molecule has 2 amide bonds. The fourth-order valence-corrected chi connectivity index (χ4v) is 3.58. The van der Waals surface area contributed by atoms with Crippen molar-refractivity contribution in [1.29, 1.82) is 0 Å². The zero-order chi connectivity index (χ0) is 18.0. The van der Waals surface area contributed by atoms with Crippen LogP contribution in [0.4, 0.5) is 4.79 Å². The van der Waals surface area contributed by atoms with Crippen LogP contribution < -0.4 is 5.32 Å². The number of hydrogen-bond acceptors (Lipinski definition) is 4. The maximum Gasteiger partial charge on any atom is 0.317 e. The summed E-state index contributed by atoms with van der Waals surface area (Å²) >= 11 is 1.51. The minimum atomic E-state index is -0.0995. The molecule has 0 saturated carbocycles. The largest absolute Gasteiger partial charge is 0.334 e. The van der Waals surface area contributed by atoms with Gasteiger partial charge in [-0.15, -0.1) is 10.2 Å². The number of nitrogens with one attached hydrogen (secondary N) is 1. The molecule has 0 spiro atoms. The Morgan fingerprint density at radius 1 is 0.958 bits per heavy atom. The second kappa shape index (κ2) is 7.30. The van der Waals surface area contributed by atoms with Crippen LogP contribution in [-0.2, 0) is 13.1 Å². The van der Waals surface area contributed by atoms with Crippen molar-refractivity contribution in [1.82, 2.24) is 20.4 Å². The zero-order valence-corrected chi connectivity index (χ0v) is 16.4. The summed E-state index contributed by atoms with van der Waals surface area (Å²) in [6, 6.07) is -0.0995. The van der Waals surface area contributed by atoms with Crippen LogP contribution in [0, 0.1) is 41.5 Å². The molecule has 24 heavy (non-hydrogen) atoms. The van der Waals surface area contributed by atoms with E-state index in [-0.39, 0.29) is 6.03 Å². The van der Waals surface area contributed by atoms with Crippen molar-refractivity contribution in [2.45, 2.75) is 54.6 Å². The number of urea groups is 1. The van der Waals surface area contributed by atoms with Crippen LogP contribution in [0.15, 0.2) is 0 Å². The summed E-state index contributed by atoms with van der Waals surface area (Å²) in [5.41, 5.74) is 7.68. The Balaban J connectivity index is 2.06. The first-order valence-corrected chi connectivity index (χ1v) is 8.87. The topological polar surface area (TPSA) is 58.1 Å². The van der Waals surface area contributed by atoms with Crippen molar-refractivity contribution in [3.8, 4) is 0 Å². The number of nitrogens with zero attached hydrogens (tertiary/aromatic N) is 3. The molecule has 6 heteroatoms. The number of benzene rings is 1. The van der Waals surface area contributed by atoms with Gasteiger partial charge in [-0.2, -0.15) is 0 Å². The highest BCUT2D eigenvalue weighted by atomic mass is 32.1. The molecule has 130 valence electrons. The summed E-state index contributed by atoms with van der Waals surface area (Å²) in [7, 11) is 1.78. The monoisotopic (exact) mass is 346 g/mol. The van der Waals surface area contributed by atoms with Crippen molar-refractivity contribution >= 4 is 17.4 Å². The molecule has 0 unspecified atom stereocenters. The Hall–Kier alpha value is -1.95. The molecule has 2 rings (SSSR count). The van der Waals surface area contributed by atoms with E-state index in [9.17, 15) is 4.79 Å². The van der Waals surface area contributed by atoms with Crippen LogP contribution in [0.25, 0.3) is 0 Å². The highest BCUT2D eigenvalue weighted by Gasteiger charge is 2.15. The van der Waals surface area contributed by atoms with E-state index < -0.39 is 0 Å². The van der Waals surface area contributed by atoms with Gasteiger partial charge in [0.25, 0.3) is 0 Å². The first-order valence-electron chi connectivity index (χ1n) is 8.06. The zero-order valence-electron chi connectivity index (χ0n) is 15.6. The van der Waals surface area contributed by atoms with Gasteiger partial charge in [-0.1, -0.05) is 11.3 Å². The average Bonchev–Trinajstić information content (AvgIpc) is 2.95. The molecule has 0 aliphatic carbocycles. The van der Waals surface area contributed by atoms with Gasteiger partial charge in [-0.3, -0.25) is 0 Å². The first kappa shape index (κ1) is 18.4. The van der Waals surface area contributed by atoms with E-state index in [1.807, 2.05) is 6.92 Å². The molecular weight excluding hydrogens is 320 g/mol. The van der Waals surface area contributed by atoms with Gasteiger partial charge >= 0.3 is 6.03 Å². The Kier molecular flexibility index (Phi) is 5.59. The lowest BCUT2D eigenvalue weighted by atomic mass is 9.89. The van der Waals surface area contributed by atoms with Gasteiger partial charge in [0.1, 0.15) is 10.0 Å². The average molecular weight is 347 g/mol. The summed E-state index contributed by atoms with van der Waals surface area (Å²) < 4.78 is 0. The van der Waals surface area contributed by atoms with Gasteiger partial charge in [-0.25, -0.2) is 4.79 Å². The molecule has 1 aromatic heterocycles. The smallest absolute Gasteiger partial charge is 0.317 e. The predicted octanol–water partition coefficient (Wildman–Crippen LogP) is 3.73. The van der Waals surface area contributed by atoms with Crippen molar-refractivity contribution in [2.75, 3.05) is 7.05 Å². The minimum absolute atomic E-state index is 0.0995. The number of aromatic nitrogens is 2. The second-order valence-electron chi connectivity index (χ2n) is 6.33. The summed E-state index contributed by atoms with van der Waals surface area (Å²) in [5, 5.41) is 12.8. The molecule has 0 atom stereocenters. The molecule has 0 saturated heterocycles. The number of rotatable bonds is 4. The molecule has 1 heterocycles. The van der Waals surface area contributed by atoms with Crippen LogP contribution >= 0.6 is 11.3 Å². The highest BCUT2D eigenvalue weighted by molar-refractivity contribution is 7.11. The summed E-state index contributed by atoms with van der Waals surface area (Å²) in [5.74, 6) is 0. The first-order chi connectivity index (χ1) is 11.2. The van der Waals surface area contributed by atoms with Crippen LogP contribution in [0.3, 0.4) is 0 Å². The van der Waals surface area contributed by atoms with E-state index in [2.05, 4.69) is 50.1 Å². The van der Waals surface area contributed by atoms with Crippen molar-refractivity contribution < 1.29 is 4.79 Å². The Morgan fingerprint density at radius 2 is 1.50 bits per heavy atom. The van der Waals surface area contributed by atoms with Gasteiger partial charge in [0.2, 0.25) is 0 Å². The van der Waals surface area contributed by atoms with E-state index in [1.165, 1.54) is 44.7 Å². The summed E-state index contributed by atoms with van der Waals surface area (Å²) in [6.07, 6.45) is 0. The second-order valence-corrected chi connectivity index (χ2v) is 7.60. The van der Waals surface area contributed by atoms with E-state index in [0.717, 1.165) is 10.0 Å². The molecule has 0 bridgehead atoms. The molecule has 5 nitrogen and oxygen atoms in total. The molecule has 1 N–H and O–H groups in total. The molecule has 2 aromatic rings. The van der Waals surface area contributed by atoms with Gasteiger partial charge < -0.3 is 10.2 Å². The molecule has 1 aromatic carbocycles. The lowest BCUT2D eigenvalue weighted by Crippen LogP contribution is -2.36. The third-order valence-corrected chi connectivity index (χ3v) is 5.68. The van der Waals surface area contributed by atoms with E-state index >= 15 is 0 Å². The fraction of sp³-hybridized carbons (Fsp3) is 0.500. The third-order valence-electron chi connectivity index (χ3n) is 4.86. The maximum atomic E-state index is 12.4. The lowest BCUT2D eigenvalue weighted by molar-refractivity contribution is 0.206. The number of hydrogen-bond donors (Lipinski definition) is 1. The van der Waals surface area contributed by atoms with Gasteiger partial charge in [0, 0.05) is 13.6 Å². The highest BCUT2D eigenvalue weighted by Crippen LogP contribution is 2.25. The van der Waals surface area contributed by atoms with Gasteiger partial charge in [0.15, 0.2) is 0 Å². The number of carbonyl (C=O) groups is 1. The van der Waals surface area contributed by atoms with Crippen molar-refractivity contribution in [3.05, 3.63) is 43.4 Å². The van der Waals surface area contributed by atoms with Crippen molar-refractivity contribution in [2.24, 2.45) is 0 Å². The van der Waals surface area contributed by atoms with E-state index in [4.69, 9.17) is 0 Å². The maximum absolute atomic E-state index is 12.4. The number of carbonyl (C=O) groups excluding carboxylic acids is 1. The Morgan fingerprint density at radius 3 is 2.00 bits per heavy atom. The molecule has 0 aliphatic rings. The standard InChI is InChI=1S/C18H26N4OS/c1-10-11(2)13(4)16(14(5)12(10)3)8-19-18(23)22(7)9-17-21-20-15(6)24-17/h8-9H2,1-7H3,(H,19,23). The number of amides is 2. The molecule has 0 radical (unpaired) electrons. The Bertz CT molecular complexity index is 738. The molecular formula is C18H26N4OS. The van der Waals surface area contributed by atoms with Crippen LogP contribution in [0.1, 0.15) is 43.4 Å². The molecule has 0 fully saturated rings. The lowest BCUT2D eigenvalue weighted by Gasteiger charge is -2.21. The van der Waals surface area contributed by atoms with Crippen molar-refractivity contribution in [3.63, 3.8) is 0 Å². The minimum Gasteiger partial charge on any atom is -0.334 e. The van der Waals surface area contributed by atoms with Gasteiger partial charge in [-0.05, 0) is 74.9 Å². The fourth-order valence-electron chi connectivity index (χ4n) is 2.82. The third kappa shape index (κ3) is 3.75. The van der Waals surface area contributed by atoms with Gasteiger partial charge in [0.05, 0.1) is 6.54 Å². The predicted molar refractivity (Wildman–Crippen MR) is 98.5 cm³/mol. The summed E-state index contributed by atoms with van der Waals surface area (Å²) in [6.45, 7) is 13.6. The Labute approximate surface area is 148 Å². The van der Waals surface area contributed by atoms with E-state index in [0.29, 0.717) is 13.1 Å². The normalized spacial score (nSPS) is 10.8. The van der Waals surface area contributed by atoms with Crippen LogP contribution in [-0.4, -0.2) is 28.2 Å². The SMILES string of the molecule is Cc1nnc(CN(C)C(=O)NCc2c(C)c(C)c(C)c(C)c2C)s1. The molecule has 0 aliphatic heterocycles. The van der Waals surface area contributed by atoms with Crippen LogP contribution in [0.2, 0.25) is 0 Å².